The Morgan fingerprint density at radius 1 is 1.14 bits per heavy atom. The Hall–Kier alpha value is -3.79. The maximum Gasteiger partial charge on any atom is 0.320 e. The van der Waals surface area contributed by atoms with Gasteiger partial charge in [-0.25, -0.2) is 0 Å². The molecule has 4 aliphatic rings. The van der Waals surface area contributed by atoms with Crippen LogP contribution in [0.25, 0.3) is 0 Å². The Bertz CT molecular complexity index is 1410. The van der Waals surface area contributed by atoms with Crippen molar-refractivity contribution in [3.8, 4) is 11.5 Å². The van der Waals surface area contributed by atoms with E-state index in [1.807, 2.05) is 43.3 Å². The zero-order chi connectivity index (χ0) is 29.6. The standard InChI is InChI=1S/C32H38N2O8/c1-18(2)25-13-27-32(31(37)38-4,29(42-25)21-7-8-21)14-22(12-28(35)33-15-23-9-5-19(3)41-23)30(36)34(27)16-20-6-10-24-26(11-20)40-17-39-24/h5-6,9-11,13,18,21-22,25,29H,7-8,12,14-17H2,1-4H3,(H,33,35)/t22-,25+,29+,32+/m0/s1. The quantitative estimate of drug-likeness (QED) is 0.439. The van der Waals surface area contributed by atoms with E-state index in [1.165, 1.54) is 7.11 Å². The molecule has 6 rings (SSSR count). The fourth-order valence-electron chi connectivity index (χ4n) is 6.50. The molecule has 0 unspecified atom stereocenters. The molecule has 0 spiro atoms. The van der Waals surface area contributed by atoms with Crippen molar-refractivity contribution in [3.63, 3.8) is 0 Å². The first kappa shape index (κ1) is 28.3. The van der Waals surface area contributed by atoms with Gasteiger partial charge in [0.15, 0.2) is 11.5 Å². The maximum atomic E-state index is 14.3. The first-order valence-corrected chi connectivity index (χ1v) is 14.7. The van der Waals surface area contributed by atoms with Crippen molar-refractivity contribution in [2.24, 2.45) is 23.2 Å². The molecule has 4 heterocycles. The summed E-state index contributed by atoms with van der Waals surface area (Å²) in [6.45, 7) is 6.53. The van der Waals surface area contributed by atoms with Gasteiger partial charge in [-0.2, -0.15) is 0 Å². The van der Waals surface area contributed by atoms with E-state index in [1.54, 1.807) is 4.90 Å². The molecule has 2 amide bonds. The summed E-state index contributed by atoms with van der Waals surface area (Å²) in [5.74, 6) is 1.25. The largest absolute Gasteiger partial charge is 0.468 e. The average molecular weight is 579 g/mol. The van der Waals surface area contributed by atoms with Crippen molar-refractivity contribution in [3.05, 3.63) is 59.2 Å². The third kappa shape index (κ3) is 5.17. The summed E-state index contributed by atoms with van der Waals surface area (Å²) in [5.41, 5.74) is 0.219. The zero-order valence-electron chi connectivity index (χ0n) is 24.5. The van der Waals surface area contributed by atoms with Crippen molar-refractivity contribution in [1.82, 2.24) is 10.2 Å². The van der Waals surface area contributed by atoms with Gasteiger partial charge in [0.2, 0.25) is 18.6 Å². The summed E-state index contributed by atoms with van der Waals surface area (Å²) in [4.78, 5) is 43.1. The minimum absolute atomic E-state index is 0.0762. The normalized spacial score (nSPS) is 26.6. The number of esters is 1. The molecule has 42 heavy (non-hydrogen) atoms. The molecule has 0 bridgehead atoms. The predicted octanol–water partition coefficient (Wildman–Crippen LogP) is 4.25. The lowest BCUT2D eigenvalue weighted by atomic mass is 9.64. The number of carbonyl (C=O) groups excluding carboxylic acids is 3. The summed E-state index contributed by atoms with van der Waals surface area (Å²) < 4.78 is 28.8. The summed E-state index contributed by atoms with van der Waals surface area (Å²) in [6, 6.07) is 9.21. The molecule has 4 atom stereocenters. The van der Waals surface area contributed by atoms with E-state index in [0.717, 1.165) is 24.2 Å². The van der Waals surface area contributed by atoms with Crippen LogP contribution < -0.4 is 14.8 Å². The Balaban J connectivity index is 1.37. The number of methoxy groups -OCH3 is 1. The van der Waals surface area contributed by atoms with E-state index in [9.17, 15) is 14.4 Å². The van der Waals surface area contributed by atoms with Gasteiger partial charge in [0.1, 0.15) is 16.9 Å². The summed E-state index contributed by atoms with van der Waals surface area (Å²) in [7, 11) is 1.37. The van der Waals surface area contributed by atoms with Gasteiger partial charge >= 0.3 is 5.97 Å². The van der Waals surface area contributed by atoms with Gasteiger partial charge in [0, 0.05) is 18.0 Å². The van der Waals surface area contributed by atoms with E-state index in [4.69, 9.17) is 23.4 Å². The van der Waals surface area contributed by atoms with Crippen LogP contribution in [0.4, 0.5) is 0 Å². The molecule has 224 valence electrons. The molecular formula is C32H38N2O8. The number of piperidine rings is 1. The number of hydrogen-bond donors (Lipinski definition) is 1. The fourth-order valence-corrected chi connectivity index (χ4v) is 6.50. The van der Waals surface area contributed by atoms with E-state index >= 15 is 0 Å². The molecule has 1 aromatic heterocycles. The van der Waals surface area contributed by atoms with Gasteiger partial charge in [-0.15, -0.1) is 0 Å². The van der Waals surface area contributed by atoms with Gasteiger partial charge in [0.25, 0.3) is 0 Å². The lowest BCUT2D eigenvalue weighted by molar-refractivity contribution is -0.182. The lowest BCUT2D eigenvalue weighted by Gasteiger charge is -2.53. The van der Waals surface area contributed by atoms with E-state index in [0.29, 0.717) is 23.0 Å². The highest BCUT2D eigenvalue weighted by Gasteiger charge is 2.63. The Morgan fingerprint density at radius 2 is 1.93 bits per heavy atom. The number of nitrogens with one attached hydrogen (secondary N) is 1. The van der Waals surface area contributed by atoms with E-state index < -0.39 is 23.4 Å². The number of fused-ring (bicyclic) bond motifs is 2. The topological polar surface area (TPSA) is 117 Å². The van der Waals surface area contributed by atoms with Crippen LogP contribution in [0.3, 0.4) is 0 Å². The Labute approximate surface area is 245 Å². The van der Waals surface area contributed by atoms with Crippen molar-refractivity contribution in [1.29, 1.82) is 0 Å². The van der Waals surface area contributed by atoms with Gasteiger partial charge in [-0.3, -0.25) is 14.4 Å². The number of rotatable bonds is 9. The minimum Gasteiger partial charge on any atom is -0.468 e. The number of ether oxygens (including phenoxy) is 4. The second-order valence-corrected chi connectivity index (χ2v) is 12.1. The molecule has 3 aliphatic heterocycles. The number of furan rings is 1. The third-order valence-corrected chi connectivity index (χ3v) is 8.77. The first-order chi connectivity index (χ1) is 20.2. The second kappa shape index (κ2) is 11.1. The van der Waals surface area contributed by atoms with Crippen LogP contribution >= 0.6 is 0 Å². The van der Waals surface area contributed by atoms with Crippen LogP contribution in [0.5, 0.6) is 11.5 Å². The number of aryl methyl sites for hydroxylation is 1. The highest BCUT2D eigenvalue weighted by Crippen LogP contribution is 2.57. The van der Waals surface area contributed by atoms with Crippen LogP contribution in [0, 0.1) is 30.1 Å². The van der Waals surface area contributed by atoms with Crippen LogP contribution in [-0.2, 0) is 36.9 Å². The van der Waals surface area contributed by atoms with Crippen molar-refractivity contribution in [2.75, 3.05) is 13.9 Å². The van der Waals surface area contributed by atoms with E-state index in [2.05, 4.69) is 19.2 Å². The average Bonchev–Trinajstić information content (AvgIpc) is 3.56. The predicted molar refractivity (Wildman–Crippen MR) is 150 cm³/mol. The van der Waals surface area contributed by atoms with Gasteiger partial charge in [-0.05, 0) is 73.9 Å². The van der Waals surface area contributed by atoms with E-state index in [-0.39, 0.29) is 62.5 Å². The number of carbonyl (C=O) groups is 3. The van der Waals surface area contributed by atoms with Gasteiger partial charge < -0.3 is 33.6 Å². The van der Waals surface area contributed by atoms with Gasteiger partial charge in [-0.1, -0.05) is 19.9 Å². The molecule has 10 heteroatoms. The molecule has 1 aliphatic carbocycles. The SMILES string of the molecule is COC(=O)[C@]12C[C@H](CC(=O)NCc3ccc(C)o3)C(=O)N(Cc3ccc4c(c3)OCO4)C1=C[C@H](C(C)C)O[C@@H]2C1CC1. The number of hydrogen-bond acceptors (Lipinski definition) is 8. The van der Waals surface area contributed by atoms with Gasteiger partial charge in [0.05, 0.1) is 32.4 Å². The molecule has 10 nitrogen and oxygen atoms in total. The third-order valence-electron chi connectivity index (χ3n) is 8.77. The fraction of sp³-hybridized carbons (Fsp3) is 0.531. The smallest absolute Gasteiger partial charge is 0.320 e. The highest BCUT2D eigenvalue weighted by molar-refractivity contribution is 5.92. The van der Waals surface area contributed by atoms with Crippen LogP contribution in [-0.4, -0.2) is 48.8 Å². The van der Waals surface area contributed by atoms with Crippen molar-refractivity contribution in [2.45, 2.75) is 71.8 Å². The van der Waals surface area contributed by atoms with Crippen molar-refractivity contribution < 1.29 is 37.7 Å². The number of likely N-dealkylation sites (tertiary alicyclic amines) is 1. The number of amides is 2. The Kier molecular flexibility index (Phi) is 7.51. The molecule has 0 radical (unpaired) electrons. The number of nitrogens with zero attached hydrogens (tertiary/aromatic N) is 1. The molecule has 1 saturated heterocycles. The lowest BCUT2D eigenvalue weighted by Crippen LogP contribution is -2.61. The molecule has 1 aromatic carbocycles. The maximum absolute atomic E-state index is 14.3. The molecule has 1 saturated carbocycles. The summed E-state index contributed by atoms with van der Waals surface area (Å²) >= 11 is 0. The zero-order valence-corrected chi connectivity index (χ0v) is 24.5. The highest BCUT2D eigenvalue weighted by atomic mass is 16.7. The van der Waals surface area contributed by atoms with Crippen LogP contribution in [0.15, 0.2) is 46.5 Å². The minimum atomic E-state index is -1.21. The molecule has 2 aromatic rings. The van der Waals surface area contributed by atoms with Crippen LogP contribution in [0.1, 0.15) is 56.6 Å². The molecule has 2 fully saturated rings. The molecular weight excluding hydrogens is 540 g/mol. The first-order valence-electron chi connectivity index (χ1n) is 14.7. The molecule has 1 N–H and O–H groups in total. The monoisotopic (exact) mass is 578 g/mol. The summed E-state index contributed by atoms with van der Waals surface area (Å²) in [5, 5.41) is 2.87. The second-order valence-electron chi connectivity index (χ2n) is 12.1. The van der Waals surface area contributed by atoms with Crippen LogP contribution in [0.2, 0.25) is 0 Å². The Morgan fingerprint density at radius 3 is 2.62 bits per heavy atom. The van der Waals surface area contributed by atoms with Crippen molar-refractivity contribution >= 4 is 17.8 Å². The number of benzene rings is 1. The summed E-state index contributed by atoms with van der Waals surface area (Å²) in [6.07, 6.45) is 3.14.